The second-order valence-corrected chi connectivity index (χ2v) is 4.61. The van der Waals surface area contributed by atoms with Crippen molar-refractivity contribution < 1.29 is 9.21 Å². The molecule has 1 aromatic rings. The van der Waals surface area contributed by atoms with Crippen molar-refractivity contribution in [2.24, 2.45) is 0 Å². The molecule has 2 fully saturated rings. The fourth-order valence-electron chi connectivity index (χ4n) is 2.67. The van der Waals surface area contributed by atoms with E-state index in [1.807, 2.05) is 11.8 Å². The van der Waals surface area contributed by atoms with Crippen molar-refractivity contribution in [2.45, 2.75) is 31.8 Å². The van der Waals surface area contributed by atoms with Crippen molar-refractivity contribution in [1.82, 2.24) is 10.2 Å². The fraction of sp³-hybridized carbons (Fsp3) is 0.583. The molecule has 3 rings (SSSR count). The predicted molar refractivity (Wildman–Crippen MR) is 59.3 cm³/mol. The normalized spacial score (nSPS) is 28.4. The van der Waals surface area contributed by atoms with E-state index in [4.69, 9.17) is 4.42 Å². The van der Waals surface area contributed by atoms with E-state index < -0.39 is 0 Å². The van der Waals surface area contributed by atoms with Crippen LogP contribution in [0.3, 0.4) is 0 Å². The van der Waals surface area contributed by atoms with E-state index in [-0.39, 0.29) is 5.91 Å². The van der Waals surface area contributed by atoms with Crippen LogP contribution in [-0.4, -0.2) is 36.0 Å². The number of hydrogen-bond acceptors (Lipinski definition) is 3. The lowest BCUT2D eigenvalue weighted by molar-refractivity contribution is 0.0364. The Morgan fingerprint density at radius 3 is 3.12 bits per heavy atom. The molecule has 0 radical (unpaired) electrons. The Hall–Kier alpha value is -1.29. The van der Waals surface area contributed by atoms with Crippen molar-refractivity contribution in [3.05, 3.63) is 23.7 Å². The SMILES string of the molecule is Cc1occc1C(=O)N1CCCC2NCC21. The number of nitrogens with zero attached hydrogens (tertiary/aromatic N) is 1. The molecule has 0 bridgehead atoms. The summed E-state index contributed by atoms with van der Waals surface area (Å²) in [4.78, 5) is 14.3. The number of carbonyl (C=O) groups is 1. The van der Waals surface area contributed by atoms with Gasteiger partial charge in [-0.1, -0.05) is 0 Å². The third-order valence-electron chi connectivity index (χ3n) is 3.72. The molecule has 2 aliphatic rings. The van der Waals surface area contributed by atoms with Gasteiger partial charge in [0.15, 0.2) is 0 Å². The van der Waals surface area contributed by atoms with Gasteiger partial charge in [-0.3, -0.25) is 4.79 Å². The number of furan rings is 1. The average molecular weight is 220 g/mol. The molecule has 0 spiro atoms. The summed E-state index contributed by atoms with van der Waals surface area (Å²) in [6, 6.07) is 2.69. The van der Waals surface area contributed by atoms with Crippen LogP contribution in [0.1, 0.15) is 29.0 Å². The molecule has 2 unspecified atom stereocenters. The summed E-state index contributed by atoms with van der Waals surface area (Å²) in [5, 5.41) is 3.37. The lowest BCUT2D eigenvalue weighted by Gasteiger charge is -2.49. The highest BCUT2D eigenvalue weighted by Gasteiger charge is 2.40. The van der Waals surface area contributed by atoms with Crippen LogP contribution in [0.5, 0.6) is 0 Å². The summed E-state index contributed by atoms with van der Waals surface area (Å²) in [6.45, 7) is 3.66. The highest BCUT2D eigenvalue weighted by Crippen LogP contribution is 2.25. The molecule has 16 heavy (non-hydrogen) atoms. The van der Waals surface area contributed by atoms with Gasteiger partial charge in [0.1, 0.15) is 5.76 Å². The van der Waals surface area contributed by atoms with E-state index in [1.165, 1.54) is 6.42 Å². The van der Waals surface area contributed by atoms with Crippen molar-refractivity contribution >= 4 is 5.91 Å². The number of aryl methyl sites for hydroxylation is 1. The smallest absolute Gasteiger partial charge is 0.257 e. The highest BCUT2D eigenvalue weighted by atomic mass is 16.3. The molecule has 0 aromatic carbocycles. The zero-order valence-corrected chi connectivity index (χ0v) is 9.40. The van der Waals surface area contributed by atoms with Crippen LogP contribution in [0.25, 0.3) is 0 Å². The van der Waals surface area contributed by atoms with Crippen LogP contribution >= 0.6 is 0 Å². The second kappa shape index (κ2) is 3.63. The van der Waals surface area contributed by atoms with E-state index in [0.29, 0.717) is 17.6 Å². The number of nitrogens with one attached hydrogen (secondary N) is 1. The Bertz CT molecular complexity index is 413. The first-order valence-corrected chi connectivity index (χ1v) is 5.86. The van der Waals surface area contributed by atoms with Gasteiger partial charge in [-0.25, -0.2) is 0 Å². The number of hydrogen-bond donors (Lipinski definition) is 1. The molecule has 4 heteroatoms. The predicted octanol–water partition coefficient (Wildman–Crippen LogP) is 1.16. The minimum absolute atomic E-state index is 0.127. The van der Waals surface area contributed by atoms with E-state index in [1.54, 1.807) is 12.3 Å². The first kappa shape index (κ1) is 9.90. The summed E-state index contributed by atoms with van der Waals surface area (Å²) in [7, 11) is 0. The van der Waals surface area contributed by atoms with E-state index >= 15 is 0 Å². The third-order valence-corrected chi connectivity index (χ3v) is 3.72. The number of fused-ring (bicyclic) bond motifs is 1. The van der Waals surface area contributed by atoms with Crippen LogP contribution in [0, 0.1) is 6.92 Å². The van der Waals surface area contributed by atoms with Gasteiger partial charge in [0.05, 0.1) is 17.9 Å². The summed E-state index contributed by atoms with van der Waals surface area (Å²) in [6.07, 6.45) is 3.87. The maximum atomic E-state index is 12.3. The van der Waals surface area contributed by atoms with Gasteiger partial charge in [-0.2, -0.15) is 0 Å². The van der Waals surface area contributed by atoms with Gasteiger partial charge in [-0.05, 0) is 25.8 Å². The molecule has 1 aromatic heterocycles. The Labute approximate surface area is 94.6 Å². The molecule has 0 saturated carbocycles. The quantitative estimate of drug-likeness (QED) is 0.772. The van der Waals surface area contributed by atoms with E-state index in [9.17, 15) is 4.79 Å². The monoisotopic (exact) mass is 220 g/mol. The van der Waals surface area contributed by atoms with Crippen LogP contribution in [0.2, 0.25) is 0 Å². The zero-order valence-electron chi connectivity index (χ0n) is 9.40. The molecule has 1 amide bonds. The minimum Gasteiger partial charge on any atom is -0.469 e. The molecular weight excluding hydrogens is 204 g/mol. The molecule has 0 aliphatic carbocycles. The van der Waals surface area contributed by atoms with Gasteiger partial charge in [0, 0.05) is 19.1 Å². The van der Waals surface area contributed by atoms with Gasteiger partial charge in [0.2, 0.25) is 0 Å². The summed E-state index contributed by atoms with van der Waals surface area (Å²) in [5.41, 5.74) is 0.715. The molecule has 86 valence electrons. The summed E-state index contributed by atoms with van der Waals surface area (Å²) >= 11 is 0. The topological polar surface area (TPSA) is 45.5 Å². The molecule has 3 heterocycles. The van der Waals surface area contributed by atoms with Crippen molar-refractivity contribution in [1.29, 1.82) is 0 Å². The van der Waals surface area contributed by atoms with Crippen LogP contribution in [-0.2, 0) is 0 Å². The molecule has 2 aliphatic heterocycles. The van der Waals surface area contributed by atoms with Gasteiger partial charge in [-0.15, -0.1) is 0 Å². The van der Waals surface area contributed by atoms with Gasteiger partial charge in [0.25, 0.3) is 5.91 Å². The van der Waals surface area contributed by atoms with Crippen molar-refractivity contribution in [3.8, 4) is 0 Å². The summed E-state index contributed by atoms with van der Waals surface area (Å²) < 4.78 is 5.19. The van der Waals surface area contributed by atoms with E-state index in [2.05, 4.69) is 5.32 Å². The van der Waals surface area contributed by atoms with Crippen molar-refractivity contribution in [2.75, 3.05) is 13.1 Å². The molecule has 4 nitrogen and oxygen atoms in total. The Morgan fingerprint density at radius 1 is 1.62 bits per heavy atom. The maximum Gasteiger partial charge on any atom is 0.257 e. The van der Waals surface area contributed by atoms with Gasteiger partial charge >= 0.3 is 0 Å². The fourth-order valence-corrected chi connectivity index (χ4v) is 2.67. The summed E-state index contributed by atoms with van der Waals surface area (Å²) in [5.74, 6) is 0.849. The molecular formula is C12H16N2O2. The Morgan fingerprint density at radius 2 is 2.50 bits per heavy atom. The van der Waals surface area contributed by atoms with Crippen molar-refractivity contribution in [3.63, 3.8) is 0 Å². The highest BCUT2D eigenvalue weighted by molar-refractivity contribution is 5.95. The van der Waals surface area contributed by atoms with E-state index in [0.717, 1.165) is 25.3 Å². The molecule has 2 atom stereocenters. The van der Waals surface area contributed by atoms with Crippen LogP contribution < -0.4 is 5.32 Å². The third kappa shape index (κ3) is 1.37. The first-order valence-electron chi connectivity index (χ1n) is 5.86. The number of amides is 1. The number of carbonyl (C=O) groups excluding carboxylic acids is 1. The van der Waals surface area contributed by atoms with Crippen LogP contribution in [0.4, 0.5) is 0 Å². The number of likely N-dealkylation sites (tertiary alicyclic amines) is 1. The maximum absolute atomic E-state index is 12.3. The van der Waals surface area contributed by atoms with Crippen LogP contribution in [0.15, 0.2) is 16.7 Å². The first-order chi connectivity index (χ1) is 7.77. The number of piperidine rings is 1. The minimum atomic E-state index is 0.127. The lowest BCUT2D eigenvalue weighted by atomic mass is 9.89. The average Bonchev–Trinajstić information content (AvgIpc) is 2.65. The number of rotatable bonds is 1. The molecule has 1 N–H and O–H groups in total. The zero-order chi connectivity index (χ0) is 11.1. The standard InChI is InChI=1S/C12H16N2O2/c1-8-9(4-6-16-8)12(15)14-5-2-3-10-11(14)7-13-10/h4,6,10-11,13H,2-3,5,7H2,1H3. The Balaban J connectivity index is 1.82. The van der Waals surface area contributed by atoms with Gasteiger partial charge < -0.3 is 14.6 Å². The Kier molecular flexibility index (Phi) is 2.24. The largest absolute Gasteiger partial charge is 0.469 e. The second-order valence-electron chi connectivity index (χ2n) is 4.61. The molecule has 2 saturated heterocycles. The lowest BCUT2D eigenvalue weighted by Crippen LogP contribution is -2.68.